The molecule has 1 saturated heterocycles. The van der Waals surface area contributed by atoms with Gasteiger partial charge in [0.25, 0.3) is 0 Å². The summed E-state index contributed by atoms with van der Waals surface area (Å²) in [5, 5.41) is 11.3. The number of nitrogens with zero attached hydrogens (tertiary/aromatic N) is 3. The predicted molar refractivity (Wildman–Crippen MR) is 71.9 cm³/mol. The maximum atomic E-state index is 11.9. The number of thioether (sulfide) groups is 2. The monoisotopic (exact) mass is 290 g/mol. The van der Waals surface area contributed by atoms with E-state index in [2.05, 4.69) is 15.5 Å². The van der Waals surface area contributed by atoms with Gasteiger partial charge in [-0.15, -0.1) is 10.2 Å². The number of hydrogen-bond acceptors (Lipinski definition) is 7. The van der Waals surface area contributed by atoms with E-state index in [1.54, 1.807) is 23.1 Å². The Hall–Kier alpha value is -0.310. The van der Waals surface area contributed by atoms with Crippen LogP contribution >= 0.6 is 34.9 Å². The Balaban J connectivity index is 1.78. The Morgan fingerprint density at radius 2 is 2.12 bits per heavy atom. The minimum atomic E-state index is 0.192. The molecule has 0 aromatic carbocycles. The standard InChI is InChI=1S/C9H14N4OS3/c1-15-8-11-12-9(17-8)16-6-7(14)13-4-2-10-3-5-13/h10H,2-6H2,1H3. The highest BCUT2D eigenvalue weighted by molar-refractivity contribution is 8.03. The molecule has 0 unspecified atom stereocenters. The largest absolute Gasteiger partial charge is 0.339 e. The number of aromatic nitrogens is 2. The number of rotatable bonds is 4. The molecule has 1 aliphatic heterocycles. The number of amides is 1. The first kappa shape index (κ1) is 13.1. The maximum absolute atomic E-state index is 11.9. The van der Waals surface area contributed by atoms with Crippen LogP contribution < -0.4 is 5.32 Å². The highest BCUT2D eigenvalue weighted by Crippen LogP contribution is 2.27. The van der Waals surface area contributed by atoms with Gasteiger partial charge in [0, 0.05) is 26.2 Å². The molecule has 1 aliphatic rings. The number of hydrogen-bond donors (Lipinski definition) is 1. The zero-order chi connectivity index (χ0) is 12.1. The average Bonchev–Trinajstić information content (AvgIpc) is 2.85. The normalized spacial score (nSPS) is 16.2. The molecule has 1 aromatic heterocycles. The summed E-state index contributed by atoms with van der Waals surface area (Å²) >= 11 is 4.60. The fraction of sp³-hybridized carbons (Fsp3) is 0.667. The fourth-order valence-electron chi connectivity index (χ4n) is 1.47. The van der Waals surface area contributed by atoms with Crippen molar-refractivity contribution in [3.05, 3.63) is 0 Å². The zero-order valence-electron chi connectivity index (χ0n) is 9.51. The molecule has 0 radical (unpaired) electrons. The lowest BCUT2D eigenvalue weighted by molar-refractivity contribution is -0.128. The highest BCUT2D eigenvalue weighted by Gasteiger charge is 2.16. The van der Waals surface area contributed by atoms with Gasteiger partial charge in [-0.25, -0.2) is 0 Å². The second-order valence-corrected chi connectivity index (χ2v) is 6.71. The van der Waals surface area contributed by atoms with E-state index < -0.39 is 0 Å². The van der Waals surface area contributed by atoms with E-state index in [-0.39, 0.29) is 5.91 Å². The minimum absolute atomic E-state index is 0.192. The third kappa shape index (κ3) is 3.84. The highest BCUT2D eigenvalue weighted by atomic mass is 32.2. The number of nitrogens with one attached hydrogen (secondary N) is 1. The van der Waals surface area contributed by atoms with Gasteiger partial charge in [-0.05, 0) is 6.26 Å². The molecule has 1 N–H and O–H groups in total. The van der Waals surface area contributed by atoms with Crippen LogP contribution in [0.3, 0.4) is 0 Å². The second-order valence-electron chi connectivity index (χ2n) is 3.46. The number of piperazine rings is 1. The van der Waals surface area contributed by atoms with Crippen molar-refractivity contribution in [2.75, 3.05) is 38.2 Å². The molecule has 94 valence electrons. The van der Waals surface area contributed by atoms with Crippen LogP contribution in [0.15, 0.2) is 8.68 Å². The third-order valence-electron chi connectivity index (χ3n) is 2.35. The average molecular weight is 290 g/mol. The maximum Gasteiger partial charge on any atom is 0.233 e. The van der Waals surface area contributed by atoms with E-state index >= 15 is 0 Å². The molecule has 5 nitrogen and oxygen atoms in total. The molecule has 0 bridgehead atoms. The van der Waals surface area contributed by atoms with Gasteiger partial charge in [-0.3, -0.25) is 4.79 Å². The zero-order valence-corrected chi connectivity index (χ0v) is 12.0. The molecular weight excluding hydrogens is 276 g/mol. The number of carbonyl (C=O) groups is 1. The molecule has 17 heavy (non-hydrogen) atoms. The van der Waals surface area contributed by atoms with E-state index in [0.717, 1.165) is 34.9 Å². The van der Waals surface area contributed by atoms with Crippen molar-refractivity contribution in [1.29, 1.82) is 0 Å². The lowest BCUT2D eigenvalue weighted by atomic mass is 10.3. The van der Waals surface area contributed by atoms with Gasteiger partial charge < -0.3 is 10.2 Å². The summed E-state index contributed by atoms with van der Waals surface area (Å²) in [4.78, 5) is 13.8. The molecule has 8 heteroatoms. The van der Waals surface area contributed by atoms with Crippen molar-refractivity contribution in [1.82, 2.24) is 20.4 Å². The first-order chi connectivity index (χ1) is 8.29. The van der Waals surface area contributed by atoms with E-state index in [4.69, 9.17) is 0 Å². The van der Waals surface area contributed by atoms with Crippen molar-refractivity contribution in [3.63, 3.8) is 0 Å². The van der Waals surface area contributed by atoms with Gasteiger partial charge >= 0.3 is 0 Å². The number of carbonyl (C=O) groups excluding carboxylic acids is 1. The van der Waals surface area contributed by atoms with Crippen molar-refractivity contribution in [2.45, 2.75) is 8.68 Å². The van der Waals surface area contributed by atoms with E-state index in [1.165, 1.54) is 11.8 Å². The van der Waals surface area contributed by atoms with Crippen molar-refractivity contribution >= 4 is 40.8 Å². The Bertz CT molecular complexity index is 378. The molecule has 2 heterocycles. The summed E-state index contributed by atoms with van der Waals surface area (Å²) in [6.45, 7) is 3.41. The minimum Gasteiger partial charge on any atom is -0.339 e. The lowest BCUT2D eigenvalue weighted by Gasteiger charge is -2.27. The van der Waals surface area contributed by atoms with Crippen LogP contribution in [0.4, 0.5) is 0 Å². The van der Waals surface area contributed by atoms with Crippen molar-refractivity contribution < 1.29 is 4.79 Å². The van der Waals surface area contributed by atoms with E-state index in [9.17, 15) is 4.79 Å². The van der Waals surface area contributed by atoms with Crippen LogP contribution in [0.5, 0.6) is 0 Å². The van der Waals surface area contributed by atoms with Crippen molar-refractivity contribution in [3.8, 4) is 0 Å². The van der Waals surface area contributed by atoms with E-state index in [1.807, 2.05) is 11.2 Å². The first-order valence-corrected chi connectivity index (χ1v) is 8.31. The molecule has 2 rings (SSSR count). The summed E-state index contributed by atoms with van der Waals surface area (Å²) in [6, 6.07) is 0. The van der Waals surface area contributed by atoms with Gasteiger partial charge in [0.1, 0.15) is 0 Å². The van der Waals surface area contributed by atoms with Gasteiger partial charge in [-0.1, -0.05) is 34.9 Å². The summed E-state index contributed by atoms with van der Waals surface area (Å²) in [5.74, 6) is 0.653. The molecule has 0 saturated carbocycles. The Labute approximate surface area is 113 Å². The summed E-state index contributed by atoms with van der Waals surface area (Å²) in [5.41, 5.74) is 0. The smallest absolute Gasteiger partial charge is 0.233 e. The van der Waals surface area contributed by atoms with Gasteiger partial charge in [0.05, 0.1) is 5.75 Å². The van der Waals surface area contributed by atoms with Crippen LogP contribution in [0.2, 0.25) is 0 Å². The van der Waals surface area contributed by atoms with Crippen LogP contribution in [0.25, 0.3) is 0 Å². The van der Waals surface area contributed by atoms with E-state index in [0.29, 0.717) is 5.75 Å². The molecule has 0 spiro atoms. The van der Waals surface area contributed by atoms with Gasteiger partial charge in [-0.2, -0.15) is 0 Å². The van der Waals surface area contributed by atoms with Crippen molar-refractivity contribution in [2.24, 2.45) is 0 Å². The molecular formula is C9H14N4OS3. The fourth-order valence-corrected chi connectivity index (χ4v) is 3.81. The molecule has 1 amide bonds. The quantitative estimate of drug-likeness (QED) is 0.827. The van der Waals surface area contributed by atoms with Crippen LogP contribution in [0.1, 0.15) is 0 Å². The second kappa shape index (κ2) is 6.58. The van der Waals surface area contributed by atoms with Crippen LogP contribution in [0, 0.1) is 0 Å². The topological polar surface area (TPSA) is 58.1 Å². The lowest BCUT2D eigenvalue weighted by Crippen LogP contribution is -2.47. The molecule has 1 fully saturated rings. The summed E-state index contributed by atoms with van der Waals surface area (Å²) < 4.78 is 1.82. The van der Waals surface area contributed by atoms with Gasteiger partial charge in [0.2, 0.25) is 5.91 Å². The van der Waals surface area contributed by atoms with Crippen LogP contribution in [-0.2, 0) is 4.79 Å². The first-order valence-electron chi connectivity index (χ1n) is 5.28. The predicted octanol–water partition coefficient (Wildman–Crippen LogP) is 0.784. The summed E-state index contributed by atoms with van der Waals surface area (Å²) in [6.07, 6.45) is 1.97. The molecule has 0 atom stereocenters. The molecule has 1 aromatic rings. The van der Waals surface area contributed by atoms with Gasteiger partial charge in [0.15, 0.2) is 8.68 Å². The third-order valence-corrected chi connectivity index (χ3v) is 5.37. The van der Waals surface area contributed by atoms with Crippen LogP contribution in [-0.4, -0.2) is 59.2 Å². The Morgan fingerprint density at radius 3 is 2.76 bits per heavy atom. The molecule has 0 aliphatic carbocycles. The Morgan fingerprint density at radius 1 is 1.41 bits per heavy atom. The summed E-state index contributed by atoms with van der Waals surface area (Å²) in [7, 11) is 0. The Kier molecular flexibility index (Phi) is 5.08. The SMILES string of the molecule is CSc1nnc(SCC(=O)N2CCNCC2)s1.